The van der Waals surface area contributed by atoms with E-state index in [1.165, 1.54) is 24.3 Å². The number of nitrogens with one attached hydrogen (secondary N) is 1. The summed E-state index contributed by atoms with van der Waals surface area (Å²) in [6.45, 7) is 6.39. The first-order valence-corrected chi connectivity index (χ1v) is 13.0. The summed E-state index contributed by atoms with van der Waals surface area (Å²) in [5, 5.41) is 22.3. The van der Waals surface area contributed by atoms with Gasteiger partial charge in [-0.1, -0.05) is 12.1 Å². The zero-order chi connectivity index (χ0) is 27.0. The van der Waals surface area contributed by atoms with Crippen molar-refractivity contribution in [1.82, 2.24) is 14.8 Å². The molecule has 0 fully saturated rings. The molecule has 0 aliphatic carbocycles. The lowest BCUT2D eigenvalue weighted by atomic mass is 9.99. The lowest BCUT2D eigenvalue weighted by molar-refractivity contribution is -0.137. The van der Waals surface area contributed by atoms with Crippen LogP contribution in [0.4, 0.5) is 10.1 Å². The van der Waals surface area contributed by atoms with Crippen molar-refractivity contribution < 1.29 is 19.1 Å². The highest BCUT2D eigenvalue weighted by molar-refractivity contribution is 7.15. The number of benzene rings is 2. The van der Waals surface area contributed by atoms with Crippen LogP contribution in [-0.2, 0) is 4.79 Å². The Hall–Kier alpha value is -4.18. The summed E-state index contributed by atoms with van der Waals surface area (Å²) < 4.78 is 15.0. The van der Waals surface area contributed by atoms with Gasteiger partial charge >= 0.3 is 5.97 Å². The normalized spacial score (nSPS) is 14.3. The van der Waals surface area contributed by atoms with E-state index in [0.29, 0.717) is 23.8 Å². The number of thiophene rings is 1. The molecule has 0 spiro atoms. The minimum Gasteiger partial charge on any atom is -0.481 e. The van der Waals surface area contributed by atoms with Crippen LogP contribution >= 0.6 is 11.3 Å². The van der Waals surface area contributed by atoms with Gasteiger partial charge in [-0.05, 0) is 62.7 Å². The van der Waals surface area contributed by atoms with Gasteiger partial charge in [-0.15, -0.1) is 21.5 Å². The summed E-state index contributed by atoms with van der Waals surface area (Å²) in [7, 11) is 0. The van der Waals surface area contributed by atoms with Crippen molar-refractivity contribution in [2.75, 3.05) is 11.9 Å². The molecule has 0 radical (unpaired) electrons. The number of ketones is 1. The second kappa shape index (κ2) is 10.3. The van der Waals surface area contributed by atoms with Crippen LogP contribution in [0.5, 0.6) is 0 Å². The Morgan fingerprint density at radius 1 is 1.05 bits per heavy atom. The van der Waals surface area contributed by atoms with Gasteiger partial charge in [-0.2, -0.15) is 0 Å². The van der Waals surface area contributed by atoms with Crippen molar-refractivity contribution in [3.05, 3.63) is 93.1 Å². The maximum atomic E-state index is 13.1. The Morgan fingerprint density at radius 2 is 1.76 bits per heavy atom. The van der Waals surface area contributed by atoms with Gasteiger partial charge in [0.25, 0.3) is 0 Å². The van der Waals surface area contributed by atoms with Gasteiger partial charge < -0.3 is 10.4 Å². The second-order valence-electron chi connectivity index (χ2n) is 9.18. The molecule has 10 heteroatoms. The van der Waals surface area contributed by atoms with Crippen LogP contribution in [-0.4, -0.2) is 43.9 Å². The smallest absolute Gasteiger partial charge is 0.306 e. The van der Waals surface area contributed by atoms with Gasteiger partial charge in [-0.3, -0.25) is 19.1 Å². The maximum absolute atomic E-state index is 13.1. The number of aliphatic imine (C=N–C) groups is 1. The van der Waals surface area contributed by atoms with E-state index in [1.807, 2.05) is 42.7 Å². The highest BCUT2D eigenvalue weighted by Gasteiger charge is 2.32. The molecule has 0 amide bonds. The Balaban J connectivity index is 1.41. The topological polar surface area (TPSA) is 109 Å². The number of carboxylic acid groups (broad SMARTS) is 1. The molecule has 2 N–H and O–H groups in total. The quantitative estimate of drug-likeness (QED) is 0.293. The molecule has 0 unspecified atom stereocenters. The number of anilines is 1. The summed E-state index contributed by atoms with van der Waals surface area (Å²) >= 11 is 1.62. The van der Waals surface area contributed by atoms with Gasteiger partial charge in [0.15, 0.2) is 11.6 Å². The zero-order valence-electron chi connectivity index (χ0n) is 21.2. The van der Waals surface area contributed by atoms with Crippen molar-refractivity contribution in [3.63, 3.8) is 0 Å². The number of halogens is 1. The van der Waals surface area contributed by atoms with E-state index < -0.39 is 12.0 Å². The SMILES string of the molecule is Cc1sc2c(c1C)C(c1ccc(NCCC(=O)c3ccc(F)cc3)cc1)=N[C@@H](CC(=O)O)c1nnc(C)n1-2. The molecule has 2 aromatic heterocycles. The molecule has 2 aromatic carbocycles. The molecule has 8 nitrogen and oxygen atoms in total. The van der Waals surface area contributed by atoms with E-state index in [-0.39, 0.29) is 24.4 Å². The van der Waals surface area contributed by atoms with E-state index in [9.17, 15) is 19.1 Å². The molecule has 0 saturated heterocycles. The number of rotatable bonds is 8. The zero-order valence-corrected chi connectivity index (χ0v) is 22.0. The molecule has 38 heavy (non-hydrogen) atoms. The van der Waals surface area contributed by atoms with Gasteiger partial charge in [0.05, 0.1) is 12.1 Å². The molecule has 3 heterocycles. The lowest BCUT2D eigenvalue weighted by Crippen LogP contribution is -2.11. The predicted octanol–water partition coefficient (Wildman–Crippen LogP) is 5.44. The van der Waals surface area contributed by atoms with Gasteiger partial charge in [-0.25, -0.2) is 4.39 Å². The summed E-state index contributed by atoms with van der Waals surface area (Å²) in [4.78, 5) is 30.1. The van der Waals surface area contributed by atoms with Crippen LogP contribution < -0.4 is 5.32 Å². The number of carbonyl (C=O) groups excluding carboxylic acids is 1. The van der Waals surface area contributed by atoms with Crippen molar-refractivity contribution in [2.24, 2.45) is 4.99 Å². The third-order valence-electron chi connectivity index (χ3n) is 6.61. The number of carboxylic acids is 1. The van der Waals surface area contributed by atoms with Crippen LogP contribution in [0.15, 0.2) is 53.5 Å². The van der Waals surface area contributed by atoms with Crippen LogP contribution in [0, 0.1) is 26.6 Å². The minimum absolute atomic E-state index is 0.0652. The van der Waals surface area contributed by atoms with Crippen LogP contribution in [0.1, 0.15) is 62.5 Å². The molecular formula is C28H26FN5O3S. The van der Waals surface area contributed by atoms with E-state index in [2.05, 4.69) is 22.4 Å². The predicted molar refractivity (Wildman–Crippen MR) is 144 cm³/mol. The highest BCUT2D eigenvalue weighted by Crippen LogP contribution is 2.39. The number of nitrogens with zero attached hydrogens (tertiary/aromatic N) is 4. The number of hydrogen-bond acceptors (Lipinski definition) is 7. The summed E-state index contributed by atoms with van der Waals surface area (Å²) in [6, 6.07) is 12.6. The van der Waals surface area contributed by atoms with Crippen LogP contribution in [0.25, 0.3) is 5.00 Å². The molecule has 1 atom stereocenters. The molecule has 0 bridgehead atoms. The fraction of sp³-hybridized carbons (Fsp3) is 0.250. The first-order valence-electron chi connectivity index (χ1n) is 12.2. The van der Waals surface area contributed by atoms with E-state index in [0.717, 1.165) is 38.0 Å². The van der Waals surface area contributed by atoms with Crippen molar-refractivity contribution >= 4 is 34.5 Å². The number of Topliss-reactive ketones (excluding diaryl/α,β-unsaturated/α-hetero) is 1. The van der Waals surface area contributed by atoms with E-state index >= 15 is 0 Å². The molecule has 4 aromatic rings. The molecule has 1 aliphatic heterocycles. The van der Waals surface area contributed by atoms with Crippen molar-refractivity contribution in [1.29, 1.82) is 0 Å². The summed E-state index contributed by atoms with van der Waals surface area (Å²) in [5.41, 5.74) is 4.93. The number of carbonyl (C=O) groups is 2. The second-order valence-corrected chi connectivity index (χ2v) is 10.4. The molecular weight excluding hydrogens is 505 g/mol. The fourth-order valence-electron chi connectivity index (χ4n) is 4.54. The number of hydrogen-bond donors (Lipinski definition) is 2. The minimum atomic E-state index is -0.960. The van der Waals surface area contributed by atoms with Gasteiger partial charge in [0, 0.05) is 40.2 Å². The number of aryl methyl sites for hydroxylation is 2. The number of aromatic nitrogens is 3. The van der Waals surface area contributed by atoms with E-state index in [4.69, 9.17) is 4.99 Å². The molecule has 1 aliphatic rings. The lowest BCUT2D eigenvalue weighted by Gasteiger charge is -2.12. The van der Waals surface area contributed by atoms with Gasteiger partial charge in [0.1, 0.15) is 22.7 Å². The average Bonchev–Trinajstić information content (AvgIpc) is 3.36. The molecule has 0 saturated carbocycles. The maximum Gasteiger partial charge on any atom is 0.306 e. The number of fused-ring (bicyclic) bond motifs is 3. The largest absolute Gasteiger partial charge is 0.481 e. The third-order valence-corrected chi connectivity index (χ3v) is 7.81. The summed E-state index contributed by atoms with van der Waals surface area (Å²) in [6.07, 6.45) is 0.0723. The standard InChI is InChI=1S/C28H26FN5O3S/c1-15-16(2)38-28-25(15)26(31-22(14-24(36)37)27-33-32-17(3)34(27)28)19-6-10-21(11-7-19)30-13-12-23(35)18-4-8-20(29)9-5-18/h4-11,22,30H,12-14H2,1-3H3,(H,36,37)/t22-/m0/s1. The van der Waals surface area contributed by atoms with Crippen LogP contribution in [0.2, 0.25) is 0 Å². The monoisotopic (exact) mass is 531 g/mol. The Labute approximate surface area is 222 Å². The highest BCUT2D eigenvalue weighted by atomic mass is 32.1. The van der Waals surface area contributed by atoms with E-state index in [1.54, 1.807) is 11.3 Å². The molecule has 5 rings (SSSR count). The number of aliphatic carboxylic acids is 1. The van der Waals surface area contributed by atoms with Gasteiger partial charge in [0.2, 0.25) is 0 Å². The average molecular weight is 532 g/mol. The summed E-state index contributed by atoms with van der Waals surface area (Å²) in [5.74, 6) is -0.192. The Morgan fingerprint density at radius 3 is 2.45 bits per heavy atom. The Kier molecular flexibility index (Phi) is 6.90. The Bertz CT molecular complexity index is 1550. The first-order chi connectivity index (χ1) is 18.2. The third kappa shape index (κ3) is 4.87. The first kappa shape index (κ1) is 25.5. The fourth-order valence-corrected chi connectivity index (χ4v) is 5.75. The molecule has 194 valence electrons. The van der Waals surface area contributed by atoms with Crippen molar-refractivity contribution in [2.45, 2.75) is 39.7 Å². The van der Waals surface area contributed by atoms with Crippen molar-refractivity contribution in [3.8, 4) is 5.00 Å². The van der Waals surface area contributed by atoms with Crippen LogP contribution in [0.3, 0.4) is 0 Å².